The Morgan fingerprint density at radius 2 is 1.69 bits per heavy atom. The third-order valence-corrected chi connectivity index (χ3v) is 3.71. The van der Waals surface area contributed by atoms with Gasteiger partial charge >= 0.3 is 0 Å². The van der Waals surface area contributed by atoms with Gasteiger partial charge in [0.2, 0.25) is 0 Å². The smallest absolute Gasteiger partial charge is 0.148 e. The minimum atomic E-state index is 0.520. The van der Waals surface area contributed by atoms with Gasteiger partial charge in [-0.15, -0.1) is 0 Å². The largest absolute Gasteiger partial charge is 0.383 e. The molecule has 2 heterocycles. The van der Waals surface area contributed by atoms with Crippen molar-refractivity contribution in [2.75, 3.05) is 23.7 Å². The maximum atomic E-state index is 5.77. The third kappa shape index (κ3) is 2.64. The van der Waals surface area contributed by atoms with Crippen LogP contribution in [0.2, 0.25) is 0 Å². The van der Waals surface area contributed by atoms with Crippen LogP contribution >= 0.6 is 15.9 Å². The number of hydrogen-bond acceptors (Lipinski definition) is 4. The number of rotatable bonds is 1. The van der Waals surface area contributed by atoms with Gasteiger partial charge in [0, 0.05) is 13.1 Å². The first-order chi connectivity index (χ1) is 7.79. The Balaban J connectivity index is 2.17. The standard InChI is InChI=1S/C11H17BrN4/c12-9-10(13)14-8-15-11(9)16-6-4-2-1-3-5-7-16/h8H,1-7H2,(H2,13,14,15). The Labute approximate surface area is 104 Å². The number of nitrogens with two attached hydrogens (primary N) is 1. The molecular formula is C11H17BrN4. The summed E-state index contributed by atoms with van der Waals surface area (Å²) in [6, 6.07) is 0. The van der Waals surface area contributed by atoms with Crippen LogP contribution < -0.4 is 10.6 Å². The van der Waals surface area contributed by atoms with Crippen molar-refractivity contribution < 1.29 is 0 Å². The number of aromatic nitrogens is 2. The van der Waals surface area contributed by atoms with Gasteiger partial charge < -0.3 is 10.6 Å². The van der Waals surface area contributed by atoms with Crippen molar-refractivity contribution in [1.29, 1.82) is 0 Å². The summed E-state index contributed by atoms with van der Waals surface area (Å²) in [5.41, 5.74) is 5.77. The molecule has 5 heteroatoms. The van der Waals surface area contributed by atoms with Crippen LogP contribution in [0.25, 0.3) is 0 Å². The van der Waals surface area contributed by atoms with E-state index in [-0.39, 0.29) is 0 Å². The Bertz CT molecular complexity index is 348. The lowest BCUT2D eigenvalue weighted by Crippen LogP contribution is -2.28. The van der Waals surface area contributed by atoms with Crippen molar-refractivity contribution in [2.45, 2.75) is 32.1 Å². The van der Waals surface area contributed by atoms with Gasteiger partial charge in [0.1, 0.15) is 22.4 Å². The summed E-state index contributed by atoms with van der Waals surface area (Å²) in [6.07, 6.45) is 7.99. The van der Waals surface area contributed by atoms with Crippen LogP contribution in [0.15, 0.2) is 10.8 Å². The lowest BCUT2D eigenvalue weighted by molar-refractivity contribution is 0.553. The molecule has 0 bridgehead atoms. The Morgan fingerprint density at radius 1 is 1.06 bits per heavy atom. The number of nitrogens with zero attached hydrogens (tertiary/aromatic N) is 3. The monoisotopic (exact) mass is 284 g/mol. The highest BCUT2D eigenvalue weighted by molar-refractivity contribution is 9.10. The van der Waals surface area contributed by atoms with Crippen molar-refractivity contribution in [3.63, 3.8) is 0 Å². The number of halogens is 1. The average molecular weight is 285 g/mol. The second-order valence-corrected chi connectivity index (χ2v) is 4.94. The van der Waals surface area contributed by atoms with Crippen LogP contribution in [0.5, 0.6) is 0 Å². The molecule has 0 saturated carbocycles. The van der Waals surface area contributed by atoms with Gasteiger partial charge in [0.05, 0.1) is 0 Å². The average Bonchev–Trinajstić information content (AvgIpc) is 2.23. The van der Waals surface area contributed by atoms with Crippen LogP contribution in [0.4, 0.5) is 11.6 Å². The lowest BCUT2D eigenvalue weighted by Gasteiger charge is -2.26. The molecule has 1 saturated heterocycles. The lowest BCUT2D eigenvalue weighted by atomic mass is 10.1. The molecule has 1 aromatic rings. The minimum absolute atomic E-state index is 0.520. The molecule has 2 N–H and O–H groups in total. The van der Waals surface area contributed by atoms with Crippen LogP contribution in [0, 0.1) is 0 Å². The van der Waals surface area contributed by atoms with E-state index in [1.165, 1.54) is 38.4 Å². The van der Waals surface area contributed by atoms with Gasteiger partial charge in [0.15, 0.2) is 0 Å². The zero-order chi connectivity index (χ0) is 11.4. The summed E-state index contributed by atoms with van der Waals surface area (Å²) in [6.45, 7) is 2.13. The zero-order valence-corrected chi connectivity index (χ0v) is 10.9. The molecule has 0 radical (unpaired) electrons. The summed E-state index contributed by atoms with van der Waals surface area (Å²) in [5.74, 6) is 1.46. The molecule has 1 aliphatic heterocycles. The quantitative estimate of drug-likeness (QED) is 0.861. The molecule has 4 nitrogen and oxygen atoms in total. The van der Waals surface area contributed by atoms with Crippen LogP contribution in [-0.4, -0.2) is 23.1 Å². The molecule has 0 amide bonds. The molecule has 1 aliphatic rings. The predicted molar refractivity (Wildman–Crippen MR) is 69.4 cm³/mol. The van der Waals surface area contributed by atoms with Crippen molar-refractivity contribution >= 4 is 27.6 Å². The molecule has 2 rings (SSSR count). The molecule has 1 fully saturated rings. The molecule has 0 aliphatic carbocycles. The van der Waals surface area contributed by atoms with E-state index in [4.69, 9.17) is 5.73 Å². The van der Waals surface area contributed by atoms with Crippen LogP contribution in [0.1, 0.15) is 32.1 Å². The maximum Gasteiger partial charge on any atom is 0.148 e. The summed E-state index contributed by atoms with van der Waals surface area (Å²) < 4.78 is 0.829. The van der Waals surface area contributed by atoms with Gasteiger partial charge in [-0.3, -0.25) is 0 Å². The Morgan fingerprint density at radius 3 is 2.38 bits per heavy atom. The van der Waals surface area contributed by atoms with E-state index in [9.17, 15) is 0 Å². The van der Waals surface area contributed by atoms with Gasteiger partial charge in [0.25, 0.3) is 0 Å². The molecule has 0 aromatic carbocycles. The third-order valence-electron chi connectivity index (χ3n) is 2.95. The van der Waals surface area contributed by atoms with E-state index < -0.39 is 0 Å². The van der Waals surface area contributed by atoms with E-state index in [1.807, 2.05) is 0 Å². The highest BCUT2D eigenvalue weighted by Crippen LogP contribution is 2.28. The molecular weight excluding hydrogens is 268 g/mol. The van der Waals surface area contributed by atoms with Crippen molar-refractivity contribution in [3.05, 3.63) is 10.8 Å². The Hall–Kier alpha value is -0.840. The predicted octanol–water partition coefficient (Wildman–Crippen LogP) is 2.59. The van der Waals surface area contributed by atoms with Gasteiger partial charge in [-0.1, -0.05) is 19.3 Å². The first-order valence-electron chi connectivity index (χ1n) is 5.80. The summed E-state index contributed by atoms with van der Waals surface area (Å²) >= 11 is 3.47. The van der Waals surface area contributed by atoms with Crippen LogP contribution in [-0.2, 0) is 0 Å². The highest BCUT2D eigenvalue weighted by Gasteiger charge is 2.14. The van der Waals surface area contributed by atoms with E-state index in [0.717, 1.165) is 23.4 Å². The van der Waals surface area contributed by atoms with Crippen molar-refractivity contribution in [2.24, 2.45) is 0 Å². The normalized spacial score (nSPS) is 17.9. The van der Waals surface area contributed by atoms with Gasteiger partial charge in [-0.05, 0) is 28.8 Å². The van der Waals surface area contributed by atoms with Crippen molar-refractivity contribution in [1.82, 2.24) is 9.97 Å². The first kappa shape index (κ1) is 11.6. The van der Waals surface area contributed by atoms with Crippen molar-refractivity contribution in [3.8, 4) is 0 Å². The highest BCUT2D eigenvalue weighted by atomic mass is 79.9. The minimum Gasteiger partial charge on any atom is -0.383 e. The van der Waals surface area contributed by atoms with E-state index in [2.05, 4.69) is 30.8 Å². The topological polar surface area (TPSA) is 55.0 Å². The summed E-state index contributed by atoms with van der Waals surface area (Å²) in [4.78, 5) is 10.6. The van der Waals surface area contributed by atoms with Gasteiger partial charge in [-0.2, -0.15) is 0 Å². The molecule has 16 heavy (non-hydrogen) atoms. The fourth-order valence-electron chi connectivity index (χ4n) is 2.05. The fourth-order valence-corrected chi connectivity index (χ4v) is 2.51. The first-order valence-corrected chi connectivity index (χ1v) is 6.59. The number of hydrogen-bond donors (Lipinski definition) is 1. The molecule has 0 unspecified atom stereocenters. The second kappa shape index (κ2) is 5.48. The van der Waals surface area contributed by atoms with E-state index >= 15 is 0 Å². The molecule has 0 spiro atoms. The summed E-state index contributed by atoms with van der Waals surface area (Å²) in [7, 11) is 0. The van der Waals surface area contributed by atoms with Crippen LogP contribution in [0.3, 0.4) is 0 Å². The number of nitrogen functional groups attached to an aromatic ring is 1. The molecule has 0 atom stereocenters. The SMILES string of the molecule is Nc1ncnc(N2CCCCCCC2)c1Br. The Kier molecular flexibility index (Phi) is 3.98. The molecule has 1 aromatic heterocycles. The second-order valence-electron chi connectivity index (χ2n) is 4.15. The van der Waals surface area contributed by atoms with E-state index in [1.54, 1.807) is 0 Å². The van der Waals surface area contributed by atoms with Gasteiger partial charge in [-0.25, -0.2) is 9.97 Å². The molecule has 88 valence electrons. The zero-order valence-electron chi connectivity index (χ0n) is 9.32. The van der Waals surface area contributed by atoms with E-state index in [0.29, 0.717) is 5.82 Å². The number of anilines is 2. The fraction of sp³-hybridized carbons (Fsp3) is 0.636. The maximum absolute atomic E-state index is 5.77. The summed E-state index contributed by atoms with van der Waals surface area (Å²) in [5, 5.41) is 0.